The molecule has 0 aromatic carbocycles. The van der Waals surface area contributed by atoms with Crippen LogP contribution in [0.2, 0.25) is 0 Å². The van der Waals surface area contributed by atoms with Crippen LogP contribution in [-0.2, 0) is 14.4 Å². The molecule has 0 saturated carbocycles. The van der Waals surface area contributed by atoms with E-state index in [1.165, 1.54) is 14.0 Å². The molecule has 0 bridgehead atoms. The molecule has 1 unspecified atom stereocenters. The van der Waals surface area contributed by atoms with Crippen molar-refractivity contribution in [3.05, 3.63) is 0 Å². The SMILES string of the molecule is CC(C)CC(=O)N(Cl)C(C)(C)CC(C)(C(=O)N(Cl)C=O)N(C)Cl. The van der Waals surface area contributed by atoms with Gasteiger partial charge in [-0.3, -0.25) is 14.4 Å². The number of halogens is 3. The summed E-state index contributed by atoms with van der Waals surface area (Å²) in [4.78, 5) is 35.3. The van der Waals surface area contributed by atoms with Crippen molar-refractivity contribution < 1.29 is 14.4 Å². The monoisotopic (exact) mass is 387 g/mol. The molecule has 1 atom stereocenters. The molecule has 134 valence electrons. The average Bonchev–Trinajstić information content (AvgIpc) is 2.42. The quantitative estimate of drug-likeness (QED) is 0.473. The van der Waals surface area contributed by atoms with Crippen molar-refractivity contribution in [3.8, 4) is 0 Å². The molecule has 3 amide bonds. The summed E-state index contributed by atoms with van der Waals surface area (Å²) in [5.41, 5.74) is -2.24. The van der Waals surface area contributed by atoms with E-state index in [2.05, 4.69) is 0 Å². The highest BCUT2D eigenvalue weighted by atomic mass is 35.5. The smallest absolute Gasteiger partial charge is 0.265 e. The van der Waals surface area contributed by atoms with E-state index in [0.29, 0.717) is 4.42 Å². The summed E-state index contributed by atoms with van der Waals surface area (Å²) in [6.45, 7) is 8.77. The first-order valence-electron chi connectivity index (χ1n) is 7.12. The molecule has 6 nitrogen and oxygen atoms in total. The molecule has 23 heavy (non-hydrogen) atoms. The molecule has 0 aromatic heterocycles. The van der Waals surface area contributed by atoms with Crippen LogP contribution in [0.5, 0.6) is 0 Å². The van der Waals surface area contributed by atoms with E-state index in [1.807, 2.05) is 13.8 Å². The van der Waals surface area contributed by atoms with Gasteiger partial charge in [-0.05, 0) is 44.9 Å². The Bertz CT molecular complexity index is 458. The topological polar surface area (TPSA) is 60.9 Å². The number of hydrogen-bond donors (Lipinski definition) is 0. The molecule has 0 saturated heterocycles. The molecule has 0 N–H and O–H groups in total. The summed E-state index contributed by atoms with van der Waals surface area (Å²) >= 11 is 17.8. The van der Waals surface area contributed by atoms with Crippen LogP contribution in [0.1, 0.15) is 47.5 Å². The Hall–Kier alpha value is -0.560. The van der Waals surface area contributed by atoms with Gasteiger partial charge < -0.3 is 0 Å². The Morgan fingerprint density at radius 2 is 1.61 bits per heavy atom. The van der Waals surface area contributed by atoms with Gasteiger partial charge >= 0.3 is 0 Å². The van der Waals surface area contributed by atoms with Crippen LogP contribution in [0.4, 0.5) is 0 Å². The maximum Gasteiger partial charge on any atom is 0.265 e. The minimum atomic E-state index is -1.33. The molecule has 0 aliphatic carbocycles. The molecule has 9 heteroatoms. The van der Waals surface area contributed by atoms with E-state index in [9.17, 15) is 14.4 Å². The third-order valence-corrected chi connectivity index (χ3v) is 4.79. The lowest BCUT2D eigenvalue weighted by Crippen LogP contribution is -2.57. The number of carbonyl (C=O) groups is 3. The highest BCUT2D eigenvalue weighted by Gasteiger charge is 2.47. The van der Waals surface area contributed by atoms with Crippen LogP contribution in [0, 0.1) is 5.92 Å². The van der Waals surface area contributed by atoms with E-state index in [4.69, 9.17) is 35.3 Å². The average molecular weight is 389 g/mol. The van der Waals surface area contributed by atoms with Gasteiger partial charge in [0.15, 0.2) is 0 Å². The summed E-state index contributed by atoms with van der Waals surface area (Å²) in [5, 5.41) is 0. The van der Waals surface area contributed by atoms with Crippen LogP contribution >= 0.6 is 35.3 Å². The van der Waals surface area contributed by atoms with Crippen LogP contribution in [-0.4, -0.2) is 49.6 Å². The summed E-state index contributed by atoms with van der Waals surface area (Å²) in [6, 6.07) is 0. The first-order valence-corrected chi connectivity index (χ1v) is 8.14. The maximum atomic E-state index is 12.4. The number of hydrogen-bond acceptors (Lipinski definition) is 4. The second-order valence-electron chi connectivity index (χ2n) is 6.73. The Balaban J connectivity index is 5.45. The molecular weight excluding hydrogens is 365 g/mol. The largest absolute Gasteiger partial charge is 0.277 e. The van der Waals surface area contributed by atoms with Gasteiger partial charge in [0, 0.05) is 37.0 Å². The third kappa shape index (κ3) is 5.78. The van der Waals surface area contributed by atoms with Crippen molar-refractivity contribution in [1.29, 1.82) is 0 Å². The zero-order chi connectivity index (χ0) is 18.6. The summed E-state index contributed by atoms with van der Waals surface area (Å²) in [5.74, 6) is -0.811. The molecular formula is C14H24Cl3N3O3. The van der Waals surface area contributed by atoms with Crippen molar-refractivity contribution in [3.63, 3.8) is 0 Å². The molecule has 0 rings (SSSR count). The lowest BCUT2D eigenvalue weighted by molar-refractivity contribution is -0.143. The number of likely N-dealkylation sites (N-methyl/N-ethyl adjacent to an activating group) is 1. The molecule has 0 aliphatic heterocycles. The fourth-order valence-corrected chi connectivity index (χ4v) is 2.72. The third-order valence-electron chi connectivity index (χ3n) is 3.54. The van der Waals surface area contributed by atoms with E-state index < -0.39 is 17.0 Å². The zero-order valence-electron chi connectivity index (χ0n) is 14.3. The molecule has 0 heterocycles. The Morgan fingerprint density at radius 3 is 1.96 bits per heavy atom. The van der Waals surface area contributed by atoms with Gasteiger partial charge in [-0.2, -0.15) is 4.42 Å². The second-order valence-corrected chi connectivity index (χ2v) is 7.94. The van der Waals surface area contributed by atoms with Crippen molar-refractivity contribution in [1.82, 2.24) is 13.3 Å². The van der Waals surface area contributed by atoms with Gasteiger partial charge in [-0.25, -0.2) is 8.84 Å². The first kappa shape index (κ1) is 22.4. The lowest BCUT2D eigenvalue weighted by atomic mass is 9.84. The molecule has 0 aromatic rings. The summed E-state index contributed by atoms with van der Waals surface area (Å²) in [6.07, 6.45) is 0.547. The molecule has 0 aliphatic rings. The Labute approximate surface area is 152 Å². The predicted octanol–water partition coefficient (Wildman–Crippen LogP) is 3.17. The van der Waals surface area contributed by atoms with Gasteiger partial charge in [-0.1, -0.05) is 13.8 Å². The zero-order valence-corrected chi connectivity index (χ0v) is 16.5. The van der Waals surface area contributed by atoms with Gasteiger partial charge in [0.25, 0.3) is 5.91 Å². The first-order chi connectivity index (χ1) is 10.3. The minimum absolute atomic E-state index is 0.0726. The van der Waals surface area contributed by atoms with E-state index in [0.717, 1.165) is 8.84 Å². The second kappa shape index (κ2) is 8.51. The van der Waals surface area contributed by atoms with Crippen LogP contribution in [0.3, 0.4) is 0 Å². The van der Waals surface area contributed by atoms with Crippen molar-refractivity contribution in [2.24, 2.45) is 5.92 Å². The van der Waals surface area contributed by atoms with Crippen LogP contribution < -0.4 is 0 Å². The summed E-state index contributed by atoms with van der Waals surface area (Å²) in [7, 11) is 1.47. The van der Waals surface area contributed by atoms with Gasteiger partial charge in [0.2, 0.25) is 12.3 Å². The van der Waals surface area contributed by atoms with Gasteiger partial charge in [-0.15, -0.1) is 0 Å². The van der Waals surface area contributed by atoms with Crippen LogP contribution in [0.25, 0.3) is 0 Å². The number of amides is 3. The minimum Gasteiger partial charge on any atom is -0.277 e. The molecule has 0 spiro atoms. The number of carbonyl (C=O) groups excluding carboxylic acids is 3. The van der Waals surface area contributed by atoms with Gasteiger partial charge in [0.05, 0.1) is 5.54 Å². The highest BCUT2D eigenvalue weighted by molar-refractivity contribution is 6.29. The van der Waals surface area contributed by atoms with E-state index in [-0.39, 0.29) is 31.1 Å². The standard InChI is InChI=1S/C14H24Cl3N3O3/c1-10(2)7-11(22)20(17)13(3,4)8-14(5,18(6)15)12(23)19(16)9-21/h9-10H,7-8H2,1-6H3. The van der Waals surface area contributed by atoms with Gasteiger partial charge in [0.1, 0.15) is 5.54 Å². The fourth-order valence-electron chi connectivity index (χ4n) is 2.27. The Kier molecular flexibility index (Phi) is 8.30. The van der Waals surface area contributed by atoms with E-state index >= 15 is 0 Å². The number of nitrogens with zero attached hydrogens (tertiary/aromatic N) is 3. The normalized spacial score (nSPS) is 14.6. The maximum absolute atomic E-state index is 12.4. The predicted molar refractivity (Wildman–Crippen MR) is 91.6 cm³/mol. The highest BCUT2D eigenvalue weighted by Crippen LogP contribution is 2.34. The number of rotatable bonds is 8. The van der Waals surface area contributed by atoms with Crippen molar-refractivity contribution in [2.45, 2.75) is 58.5 Å². The number of imide groups is 1. The summed E-state index contributed by atoms with van der Waals surface area (Å²) < 4.78 is 2.62. The fraction of sp³-hybridized carbons (Fsp3) is 0.786. The Morgan fingerprint density at radius 1 is 1.13 bits per heavy atom. The molecule has 0 radical (unpaired) electrons. The van der Waals surface area contributed by atoms with Crippen molar-refractivity contribution >= 4 is 53.6 Å². The molecule has 0 fully saturated rings. The van der Waals surface area contributed by atoms with Crippen LogP contribution in [0.15, 0.2) is 0 Å². The lowest BCUT2D eigenvalue weighted by Gasteiger charge is -2.42. The van der Waals surface area contributed by atoms with Crippen molar-refractivity contribution in [2.75, 3.05) is 7.05 Å². The van der Waals surface area contributed by atoms with E-state index in [1.54, 1.807) is 13.8 Å².